The molecule has 254 valence electrons. The van der Waals surface area contributed by atoms with Crippen LogP contribution in [0.3, 0.4) is 0 Å². The highest BCUT2D eigenvalue weighted by atomic mass is 15.1. The van der Waals surface area contributed by atoms with E-state index in [2.05, 4.69) is 227 Å². The molecule has 7 aromatic carbocycles. The Morgan fingerprint density at radius 3 is 0.981 bits per heavy atom. The van der Waals surface area contributed by atoms with Crippen molar-refractivity contribution in [3.63, 3.8) is 0 Å². The maximum Gasteiger partial charge on any atom is 0.0462 e. The molecule has 0 aliphatic heterocycles. The molecule has 0 amide bonds. The summed E-state index contributed by atoms with van der Waals surface area (Å²) in [7, 11) is 0. The SMILES string of the molecule is Cc1ccc(C(c2ccc(C)cc2)c2ccc(C=Cc3ccccc3C=Cc3ccc(N(c4ccc(C)cc4)c4ccc(C)cc4)cc3)cc2)cc1. The van der Waals surface area contributed by atoms with E-state index in [4.69, 9.17) is 0 Å². The fourth-order valence-corrected chi connectivity index (χ4v) is 6.65. The summed E-state index contributed by atoms with van der Waals surface area (Å²) < 4.78 is 0. The summed E-state index contributed by atoms with van der Waals surface area (Å²) in [6.45, 7) is 8.54. The van der Waals surface area contributed by atoms with Gasteiger partial charge in [0.05, 0.1) is 0 Å². The topological polar surface area (TPSA) is 3.24 Å². The third kappa shape index (κ3) is 8.23. The molecule has 0 N–H and O–H groups in total. The van der Waals surface area contributed by atoms with Crippen molar-refractivity contribution in [1.82, 2.24) is 0 Å². The number of nitrogens with zero attached hydrogens (tertiary/aromatic N) is 1. The first-order chi connectivity index (χ1) is 25.4. The van der Waals surface area contributed by atoms with Crippen LogP contribution in [0.15, 0.2) is 170 Å². The lowest BCUT2D eigenvalue weighted by molar-refractivity contribution is 0.974. The fourth-order valence-electron chi connectivity index (χ4n) is 6.65. The van der Waals surface area contributed by atoms with E-state index in [0.29, 0.717) is 0 Å². The molecule has 0 aromatic heterocycles. The van der Waals surface area contributed by atoms with Crippen LogP contribution >= 0.6 is 0 Å². The van der Waals surface area contributed by atoms with Gasteiger partial charge in [0, 0.05) is 23.0 Å². The number of rotatable bonds is 10. The average Bonchev–Trinajstić information content (AvgIpc) is 3.18. The Kier molecular flexibility index (Phi) is 10.4. The van der Waals surface area contributed by atoms with Gasteiger partial charge >= 0.3 is 0 Å². The zero-order chi connectivity index (χ0) is 35.9. The summed E-state index contributed by atoms with van der Waals surface area (Å²) in [6, 6.07) is 61.7. The van der Waals surface area contributed by atoms with Crippen molar-refractivity contribution in [1.29, 1.82) is 0 Å². The van der Waals surface area contributed by atoms with Gasteiger partial charge < -0.3 is 4.90 Å². The number of anilines is 3. The van der Waals surface area contributed by atoms with Crippen molar-refractivity contribution in [3.8, 4) is 0 Å². The van der Waals surface area contributed by atoms with Gasteiger partial charge in [-0.2, -0.15) is 0 Å². The number of benzene rings is 7. The minimum Gasteiger partial charge on any atom is -0.311 e. The summed E-state index contributed by atoms with van der Waals surface area (Å²) in [5.74, 6) is 0.187. The molecule has 0 atom stereocenters. The molecule has 7 rings (SSSR count). The lowest BCUT2D eigenvalue weighted by Gasteiger charge is -2.25. The highest BCUT2D eigenvalue weighted by Crippen LogP contribution is 2.36. The van der Waals surface area contributed by atoms with E-state index in [1.54, 1.807) is 0 Å². The van der Waals surface area contributed by atoms with Crippen molar-refractivity contribution in [3.05, 3.63) is 231 Å². The second-order valence-electron chi connectivity index (χ2n) is 13.8. The summed E-state index contributed by atoms with van der Waals surface area (Å²) in [5, 5.41) is 0. The molecule has 0 saturated carbocycles. The van der Waals surface area contributed by atoms with E-state index in [0.717, 1.165) is 22.6 Å². The van der Waals surface area contributed by atoms with Crippen LogP contribution in [0.4, 0.5) is 17.1 Å². The molecule has 1 nitrogen and oxygen atoms in total. The second-order valence-corrected chi connectivity index (χ2v) is 13.8. The first kappa shape index (κ1) is 34.3. The highest BCUT2D eigenvalue weighted by Gasteiger charge is 2.17. The van der Waals surface area contributed by atoms with Crippen LogP contribution in [0, 0.1) is 27.7 Å². The molecule has 0 fully saturated rings. The number of aryl methyl sites for hydroxylation is 4. The molecule has 0 saturated heterocycles. The second kappa shape index (κ2) is 15.8. The van der Waals surface area contributed by atoms with Crippen molar-refractivity contribution in [2.24, 2.45) is 0 Å². The predicted octanol–water partition coefficient (Wildman–Crippen LogP) is 13.9. The molecule has 0 radical (unpaired) electrons. The molecule has 0 aliphatic carbocycles. The van der Waals surface area contributed by atoms with E-state index in [-0.39, 0.29) is 5.92 Å². The molecule has 0 spiro atoms. The van der Waals surface area contributed by atoms with Crippen LogP contribution in [0.5, 0.6) is 0 Å². The highest BCUT2D eigenvalue weighted by molar-refractivity contribution is 5.81. The first-order valence-corrected chi connectivity index (χ1v) is 18.1. The van der Waals surface area contributed by atoms with Crippen molar-refractivity contribution >= 4 is 41.4 Å². The summed E-state index contributed by atoms with van der Waals surface area (Å²) >= 11 is 0. The van der Waals surface area contributed by atoms with Gasteiger partial charge in [-0.05, 0) is 103 Å². The quantitative estimate of drug-likeness (QED) is 0.103. The molecule has 7 aromatic rings. The van der Waals surface area contributed by atoms with Crippen molar-refractivity contribution in [2.75, 3.05) is 4.90 Å². The Morgan fingerprint density at radius 1 is 0.327 bits per heavy atom. The standard InChI is InChI=1S/C51H45N/c1-37-9-23-45(24-10-37)51(46-25-11-38(2)12-26-46)47-29-19-41(20-30-47)17-27-43-7-5-6-8-44(43)28-18-42-21-35-50(36-22-42)52(48-31-13-39(3)14-32-48)49-33-15-40(4)16-34-49/h5-36,51H,1-4H3. The summed E-state index contributed by atoms with van der Waals surface area (Å²) in [4.78, 5) is 2.31. The van der Waals surface area contributed by atoms with Crippen molar-refractivity contribution < 1.29 is 0 Å². The number of hydrogen-bond acceptors (Lipinski definition) is 1. The molecule has 0 bridgehead atoms. The maximum atomic E-state index is 2.31. The fraction of sp³-hybridized carbons (Fsp3) is 0.0980. The zero-order valence-corrected chi connectivity index (χ0v) is 30.5. The van der Waals surface area contributed by atoms with E-state index in [1.807, 2.05) is 0 Å². The van der Waals surface area contributed by atoms with Gasteiger partial charge in [0.1, 0.15) is 0 Å². The molecule has 1 heteroatoms. The van der Waals surface area contributed by atoms with Crippen molar-refractivity contribution in [2.45, 2.75) is 33.6 Å². The maximum absolute atomic E-state index is 2.31. The molecular formula is C51H45N. The van der Waals surface area contributed by atoms with Gasteiger partial charge in [0.2, 0.25) is 0 Å². The van der Waals surface area contributed by atoms with E-state index in [1.165, 1.54) is 55.6 Å². The molecule has 52 heavy (non-hydrogen) atoms. The summed E-state index contributed by atoms with van der Waals surface area (Å²) in [6.07, 6.45) is 8.84. The average molecular weight is 672 g/mol. The van der Waals surface area contributed by atoms with Gasteiger partial charge in [-0.1, -0.05) is 180 Å². The monoisotopic (exact) mass is 671 g/mol. The smallest absolute Gasteiger partial charge is 0.0462 e. The Hall–Kier alpha value is -6.18. The lowest BCUT2D eigenvalue weighted by Crippen LogP contribution is -2.09. The van der Waals surface area contributed by atoms with Crippen LogP contribution in [-0.2, 0) is 0 Å². The Bertz CT molecular complexity index is 2010. The lowest BCUT2D eigenvalue weighted by atomic mass is 9.84. The van der Waals surface area contributed by atoms with E-state index >= 15 is 0 Å². The van der Waals surface area contributed by atoms with Gasteiger partial charge in [0.25, 0.3) is 0 Å². The Morgan fingerprint density at radius 2 is 0.615 bits per heavy atom. The van der Waals surface area contributed by atoms with Gasteiger partial charge in [-0.25, -0.2) is 0 Å². The molecule has 0 unspecified atom stereocenters. The van der Waals surface area contributed by atoms with Gasteiger partial charge in [-0.3, -0.25) is 0 Å². The molecular weight excluding hydrogens is 627 g/mol. The first-order valence-electron chi connectivity index (χ1n) is 18.1. The normalized spacial score (nSPS) is 11.5. The van der Waals surface area contributed by atoms with Gasteiger partial charge in [-0.15, -0.1) is 0 Å². The predicted molar refractivity (Wildman–Crippen MR) is 225 cm³/mol. The van der Waals surface area contributed by atoms with Crippen LogP contribution < -0.4 is 4.90 Å². The van der Waals surface area contributed by atoms with Crippen LogP contribution in [0.2, 0.25) is 0 Å². The zero-order valence-electron chi connectivity index (χ0n) is 30.5. The number of hydrogen-bond donors (Lipinski definition) is 0. The molecule has 0 heterocycles. The van der Waals surface area contributed by atoms with Crippen LogP contribution in [0.1, 0.15) is 67.1 Å². The minimum atomic E-state index is 0.187. The largest absolute Gasteiger partial charge is 0.311 e. The van der Waals surface area contributed by atoms with Crippen LogP contribution in [0.25, 0.3) is 24.3 Å². The molecule has 0 aliphatic rings. The minimum absolute atomic E-state index is 0.187. The van der Waals surface area contributed by atoms with E-state index in [9.17, 15) is 0 Å². The van der Waals surface area contributed by atoms with E-state index < -0.39 is 0 Å². The summed E-state index contributed by atoms with van der Waals surface area (Å²) in [5.41, 5.74) is 17.1. The van der Waals surface area contributed by atoms with Gasteiger partial charge in [0.15, 0.2) is 0 Å². The third-order valence-electron chi connectivity index (χ3n) is 9.73. The third-order valence-corrected chi connectivity index (χ3v) is 9.73. The Balaban J connectivity index is 1.09. The van der Waals surface area contributed by atoms with Crippen LogP contribution in [-0.4, -0.2) is 0 Å². The Labute approximate surface area is 309 Å².